The van der Waals surface area contributed by atoms with E-state index in [1.54, 1.807) is 0 Å². The molecular formula is C22H30N2O4. The molecule has 4 atom stereocenters. The number of hydrogen-bond donors (Lipinski definition) is 0. The highest BCUT2D eigenvalue weighted by Gasteiger charge is 2.17. The molecule has 0 saturated carbocycles. The lowest BCUT2D eigenvalue weighted by atomic mass is 10.2. The van der Waals surface area contributed by atoms with Crippen LogP contribution in [0, 0.1) is 0 Å². The van der Waals surface area contributed by atoms with E-state index in [9.17, 15) is 0 Å². The Morgan fingerprint density at radius 3 is 1.04 bits per heavy atom. The second kappa shape index (κ2) is 10.1. The first-order chi connectivity index (χ1) is 13.5. The largest absolute Gasteiger partial charge is 0.370 e. The Balaban J connectivity index is 1.74. The minimum Gasteiger partial charge on any atom is -0.370 e. The van der Waals surface area contributed by atoms with Crippen LogP contribution in [0.4, 0.5) is 0 Å². The lowest BCUT2D eigenvalue weighted by Gasteiger charge is -2.22. The maximum absolute atomic E-state index is 5.96. The average molecular weight is 386 g/mol. The van der Waals surface area contributed by atoms with Crippen LogP contribution in [0.15, 0.2) is 36.4 Å². The van der Waals surface area contributed by atoms with Gasteiger partial charge in [-0.3, -0.25) is 9.97 Å². The molecule has 0 aromatic carbocycles. The summed E-state index contributed by atoms with van der Waals surface area (Å²) in [6.07, 6.45) is -0.248. The number of fused-ring (bicyclic) bond motifs is 4. The third-order valence-corrected chi connectivity index (χ3v) is 5.03. The predicted molar refractivity (Wildman–Crippen MR) is 105 cm³/mol. The molecule has 1 aliphatic rings. The highest BCUT2D eigenvalue weighted by atomic mass is 16.5. The van der Waals surface area contributed by atoms with Crippen LogP contribution in [-0.2, 0) is 45.4 Å². The van der Waals surface area contributed by atoms with E-state index in [4.69, 9.17) is 18.9 Å². The summed E-state index contributed by atoms with van der Waals surface area (Å²) in [5.41, 5.74) is 3.53. The van der Waals surface area contributed by atoms with Gasteiger partial charge in [0.15, 0.2) is 0 Å². The van der Waals surface area contributed by atoms with E-state index in [-0.39, 0.29) is 24.4 Å². The van der Waals surface area contributed by atoms with Gasteiger partial charge in [0.25, 0.3) is 0 Å². The van der Waals surface area contributed by atoms with Gasteiger partial charge in [0, 0.05) is 0 Å². The molecule has 28 heavy (non-hydrogen) atoms. The van der Waals surface area contributed by atoms with Crippen LogP contribution in [0.1, 0.15) is 50.5 Å². The minimum absolute atomic E-state index is 0.0621. The van der Waals surface area contributed by atoms with E-state index in [1.807, 2.05) is 64.1 Å². The van der Waals surface area contributed by atoms with Crippen LogP contribution < -0.4 is 0 Å². The highest BCUT2D eigenvalue weighted by Crippen LogP contribution is 2.14. The molecule has 6 heteroatoms. The van der Waals surface area contributed by atoms with Gasteiger partial charge in [0.2, 0.25) is 0 Å². The molecule has 3 rings (SSSR count). The van der Waals surface area contributed by atoms with Crippen molar-refractivity contribution < 1.29 is 18.9 Å². The van der Waals surface area contributed by atoms with E-state index in [1.165, 1.54) is 0 Å². The quantitative estimate of drug-likeness (QED) is 0.686. The van der Waals surface area contributed by atoms with Crippen molar-refractivity contribution in [2.45, 2.75) is 78.5 Å². The number of ether oxygens (including phenoxy) is 4. The highest BCUT2D eigenvalue weighted by molar-refractivity contribution is 5.11. The maximum Gasteiger partial charge on any atom is 0.0892 e. The standard InChI is InChI=1S/C22H30N2O4/c1-15-16(2)26-12-20-8-6-10-22(24-20)14-28-18(4)17(3)27-13-21-9-5-7-19(23-21)11-25-15/h5-10,15-18H,11-14H2,1-4H3/t15-,16-,17-,18-/m1/s1. The molecule has 0 aliphatic carbocycles. The Bertz CT molecular complexity index is 637. The van der Waals surface area contributed by atoms with Crippen LogP contribution in [0.2, 0.25) is 0 Å². The SMILES string of the molecule is C[C@H]1OCc2cccc(n2)CO[C@H](C)[C@@H](C)OCc2cccc(n2)CO[C@@H]1C. The molecule has 0 saturated heterocycles. The van der Waals surface area contributed by atoms with Crippen molar-refractivity contribution in [3.05, 3.63) is 59.2 Å². The first-order valence-electron chi connectivity index (χ1n) is 9.87. The molecule has 0 radical (unpaired) electrons. The zero-order valence-electron chi connectivity index (χ0n) is 17.1. The first kappa shape index (κ1) is 20.9. The van der Waals surface area contributed by atoms with Crippen molar-refractivity contribution in [3.63, 3.8) is 0 Å². The van der Waals surface area contributed by atoms with Gasteiger partial charge >= 0.3 is 0 Å². The third-order valence-electron chi connectivity index (χ3n) is 5.03. The summed E-state index contributed by atoms with van der Waals surface area (Å²) in [5.74, 6) is 0. The molecule has 0 N–H and O–H groups in total. The maximum atomic E-state index is 5.96. The number of aromatic nitrogens is 2. The lowest BCUT2D eigenvalue weighted by Crippen LogP contribution is -2.27. The lowest BCUT2D eigenvalue weighted by molar-refractivity contribution is -0.0736. The smallest absolute Gasteiger partial charge is 0.0892 e. The van der Waals surface area contributed by atoms with Crippen LogP contribution >= 0.6 is 0 Å². The number of pyridine rings is 2. The Kier molecular flexibility index (Phi) is 7.50. The predicted octanol–water partition coefficient (Wildman–Crippen LogP) is 3.81. The number of rotatable bonds is 0. The van der Waals surface area contributed by atoms with E-state index in [0.717, 1.165) is 22.8 Å². The molecule has 0 amide bonds. The van der Waals surface area contributed by atoms with Gasteiger partial charge in [-0.1, -0.05) is 12.1 Å². The summed E-state index contributed by atoms with van der Waals surface area (Å²) in [6, 6.07) is 11.8. The molecule has 4 bridgehead atoms. The zero-order valence-corrected chi connectivity index (χ0v) is 17.1. The molecule has 0 unspecified atom stereocenters. The Morgan fingerprint density at radius 1 is 0.536 bits per heavy atom. The number of hydrogen-bond acceptors (Lipinski definition) is 6. The van der Waals surface area contributed by atoms with Gasteiger partial charge in [-0.05, 0) is 52.0 Å². The van der Waals surface area contributed by atoms with E-state index in [0.29, 0.717) is 26.4 Å². The van der Waals surface area contributed by atoms with Gasteiger partial charge in [0.1, 0.15) is 0 Å². The second-order valence-electron chi connectivity index (χ2n) is 7.31. The van der Waals surface area contributed by atoms with Crippen molar-refractivity contribution in [2.24, 2.45) is 0 Å². The average Bonchev–Trinajstić information content (AvgIpc) is 2.72. The van der Waals surface area contributed by atoms with Crippen LogP contribution in [0.3, 0.4) is 0 Å². The molecule has 3 heterocycles. The number of nitrogens with zero attached hydrogens (tertiary/aromatic N) is 2. The van der Waals surface area contributed by atoms with Gasteiger partial charge in [-0.25, -0.2) is 0 Å². The summed E-state index contributed by atoms with van der Waals surface area (Å²) in [7, 11) is 0. The molecule has 0 fully saturated rings. The molecule has 2 aromatic rings. The van der Waals surface area contributed by atoms with Crippen molar-refractivity contribution in [1.82, 2.24) is 9.97 Å². The second-order valence-corrected chi connectivity index (χ2v) is 7.31. The van der Waals surface area contributed by atoms with Crippen LogP contribution in [-0.4, -0.2) is 34.4 Å². The monoisotopic (exact) mass is 386 g/mol. The Labute approximate surface area is 167 Å². The van der Waals surface area contributed by atoms with Crippen molar-refractivity contribution in [3.8, 4) is 0 Å². The topological polar surface area (TPSA) is 62.7 Å². The van der Waals surface area contributed by atoms with E-state index >= 15 is 0 Å². The van der Waals surface area contributed by atoms with Crippen LogP contribution in [0.25, 0.3) is 0 Å². The fraction of sp³-hybridized carbons (Fsp3) is 0.545. The molecule has 152 valence electrons. The van der Waals surface area contributed by atoms with E-state index < -0.39 is 0 Å². The first-order valence-corrected chi connectivity index (χ1v) is 9.87. The Morgan fingerprint density at radius 2 is 0.786 bits per heavy atom. The molecular weight excluding hydrogens is 356 g/mol. The molecule has 0 spiro atoms. The van der Waals surface area contributed by atoms with Crippen molar-refractivity contribution in [2.75, 3.05) is 0 Å². The molecule has 1 aliphatic heterocycles. The summed E-state index contributed by atoms with van der Waals surface area (Å²) >= 11 is 0. The van der Waals surface area contributed by atoms with Gasteiger partial charge < -0.3 is 18.9 Å². The van der Waals surface area contributed by atoms with Crippen LogP contribution in [0.5, 0.6) is 0 Å². The Hall–Kier alpha value is -1.86. The normalized spacial score (nSPS) is 27.6. The van der Waals surface area contributed by atoms with Crippen molar-refractivity contribution in [1.29, 1.82) is 0 Å². The summed E-state index contributed by atoms with van der Waals surface area (Å²) in [5, 5.41) is 0. The van der Waals surface area contributed by atoms with Gasteiger partial charge in [-0.15, -0.1) is 0 Å². The third kappa shape index (κ3) is 6.07. The molecule has 6 nitrogen and oxygen atoms in total. The minimum atomic E-state index is -0.0621. The summed E-state index contributed by atoms with van der Waals surface area (Å²) in [6.45, 7) is 9.79. The fourth-order valence-electron chi connectivity index (χ4n) is 2.79. The summed E-state index contributed by atoms with van der Waals surface area (Å²) < 4.78 is 23.9. The summed E-state index contributed by atoms with van der Waals surface area (Å²) in [4.78, 5) is 9.26. The fourth-order valence-corrected chi connectivity index (χ4v) is 2.79. The van der Waals surface area contributed by atoms with E-state index in [2.05, 4.69) is 9.97 Å². The van der Waals surface area contributed by atoms with Gasteiger partial charge in [0.05, 0.1) is 73.6 Å². The van der Waals surface area contributed by atoms with Crippen molar-refractivity contribution >= 4 is 0 Å². The van der Waals surface area contributed by atoms with Gasteiger partial charge in [-0.2, -0.15) is 0 Å². The zero-order chi connectivity index (χ0) is 19.9. The molecule has 2 aromatic heterocycles.